The van der Waals surface area contributed by atoms with Crippen LogP contribution < -0.4 is 0 Å². The third kappa shape index (κ3) is 3.43. The summed E-state index contributed by atoms with van der Waals surface area (Å²) in [5, 5.41) is 0. The fourth-order valence-electron chi connectivity index (χ4n) is 2.50. The van der Waals surface area contributed by atoms with Gasteiger partial charge in [0.2, 0.25) is 5.89 Å². The standard InChI is InChI=1S/C19H20N2O/c1-15-8-6-7-11-17(15)12-21(2)13-18-14-22-19(20-18)16-9-4-3-5-10-16/h3-11,14H,12-13H2,1-2H3. The van der Waals surface area contributed by atoms with Gasteiger partial charge in [0.15, 0.2) is 0 Å². The molecule has 3 rings (SSSR count). The molecule has 0 bridgehead atoms. The number of rotatable bonds is 5. The Morgan fingerprint density at radius 1 is 0.955 bits per heavy atom. The van der Waals surface area contributed by atoms with E-state index in [0.29, 0.717) is 5.89 Å². The van der Waals surface area contributed by atoms with Crippen LogP contribution in [0.15, 0.2) is 65.3 Å². The topological polar surface area (TPSA) is 29.3 Å². The van der Waals surface area contributed by atoms with Crippen molar-refractivity contribution >= 4 is 0 Å². The van der Waals surface area contributed by atoms with Crippen molar-refractivity contribution in [3.05, 3.63) is 77.7 Å². The number of aromatic nitrogens is 1. The van der Waals surface area contributed by atoms with E-state index in [4.69, 9.17) is 4.42 Å². The van der Waals surface area contributed by atoms with E-state index in [1.807, 2.05) is 30.3 Å². The first kappa shape index (κ1) is 14.5. The molecule has 0 saturated carbocycles. The number of oxazole rings is 1. The zero-order chi connectivity index (χ0) is 15.4. The summed E-state index contributed by atoms with van der Waals surface area (Å²) in [5.41, 5.74) is 4.63. The highest BCUT2D eigenvalue weighted by Crippen LogP contribution is 2.19. The van der Waals surface area contributed by atoms with Gasteiger partial charge in [-0.1, -0.05) is 42.5 Å². The van der Waals surface area contributed by atoms with Gasteiger partial charge in [0.1, 0.15) is 6.26 Å². The Bertz CT molecular complexity index is 734. The highest BCUT2D eigenvalue weighted by molar-refractivity contribution is 5.52. The summed E-state index contributed by atoms with van der Waals surface area (Å²) in [6, 6.07) is 18.5. The smallest absolute Gasteiger partial charge is 0.226 e. The lowest BCUT2D eigenvalue weighted by atomic mass is 10.1. The van der Waals surface area contributed by atoms with Crippen molar-refractivity contribution in [3.8, 4) is 11.5 Å². The van der Waals surface area contributed by atoms with Crippen molar-refractivity contribution in [2.24, 2.45) is 0 Å². The van der Waals surface area contributed by atoms with E-state index in [-0.39, 0.29) is 0 Å². The van der Waals surface area contributed by atoms with Gasteiger partial charge in [0.25, 0.3) is 0 Å². The zero-order valence-corrected chi connectivity index (χ0v) is 13.0. The van der Waals surface area contributed by atoms with Crippen LogP contribution in [0.2, 0.25) is 0 Å². The zero-order valence-electron chi connectivity index (χ0n) is 13.0. The van der Waals surface area contributed by atoms with Gasteiger partial charge in [-0.25, -0.2) is 4.98 Å². The average Bonchev–Trinajstić information content (AvgIpc) is 2.99. The molecule has 2 aromatic carbocycles. The van der Waals surface area contributed by atoms with Crippen molar-refractivity contribution in [2.45, 2.75) is 20.0 Å². The lowest BCUT2D eigenvalue weighted by Crippen LogP contribution is -2.18. The Hall–Kier alpha value is -2.39. The van der Waals surface area contributed by atoms with E-state index in [2.05, 4.69) is 48.1 Å². The third-order valence-corrected chi connectivity index (χ3v) is 3.71. The fourth-order valence-corrected chi connectivity index (χ4v) is 2.50. The third-order valence-electron chi connectivity index (χ3n) is 3.71. The summed E-state index contributed by atoms with van der Waals surface area (Å²) < 4.78 is 5.59. The van der Waals surface area contributed by atoms with Crippen molar-refractivity contribution in [2.75, 3.05) is 7.05 Å². The van der Waals surface area contributed by atoms with Gasteiger partial charge in [-0.3, -0.25) is 4.90 Å². The van der Waals surface area contributed by atoms with E-state index in [9.17, 15) is 0 Å². The number of hydrogen-bond acceptors (Lipinski definition) is 3. The maximum Gasteiger partial charge on any atom is 0.226 e. The second kappa shape index (κ2) is 6.58. The van der Waals surface area contributed by atoms with E-state index in [0.717, 1.165) is 24.3 Å². The molecule has 112 valence electrons. The first-order valence-corrected chi connectivity index (χ1v) is 7.45. The van der Waals surface area contributed by atoms with Crippen molar-refractivity contribution in [1.82, 2.24) is 9.88 Å². The molecule has 0 aliphatic heterocycles. The summed E-state index contributed by atoms with van der Waals surface area (Å²) in [6.45, 7) is 3.82. The molecule has 0 amide bonds. The molecule has 0 saturated heterocycles. The predicted octanol–water partition coefficient (Wildman–Crippen LogP) is 4.28. The second-order valence-electron chi connectivity index (χ2n) is 5.61. The van der Waals surface area contributed by atoms with Crippen LogP contribution in [0.4, 0.5) is 0 Å². The molecular weight excluding hydrogens is 272 g/mol. The molecule has 0 unspecified atom stereocenters. The molecule has 1 aromatic heterocycles. The van der Waals surface area contributed by atoms with Gasteiger partial charge in [-0.15, -0.1) is 0 Å². The lowest BCUT2D eigenvalue weighted by molar-refractivity contribution is 0.314. The molecule has 0 aliphatic rings. The largest absolute Gasteiger partial charge is 0.444 e. The van der Waals surface area contributed by atoms with Gasteiger partial charge < -0.3 is 4.42 Å². The van der Waals surface area contributed by atoms with Crippen LogP contribution in [0.3, 0.4) is 0 Å². The lowest BCUT2D eigenvalue weighted by Gasteiger charge is -2.16. The van der Waals surface area contributed by atoms with Gasteiger partial charge >= 0.3 is 0 Å². The second-order valence-corrected chi connectivity index (χ2v) is 5.61. The monoisotopic (exact) mass is 292 g/mol. The van der Waals surface area contributed by atoms with Gasteiger partial charge in [0.05, 0.1) is 5.69 Å². The molecule has 0 N–H and O–H groups in total. The quantitative estimate of drug-likeness (QED) is 0.703. The summed E-state index contributed by atoms with van der Waals surface area (Å²) in [5.74, 6) is 0.680. The Balaban J connectivity index is 1.66. The minimum atomic E-state index is 0.680. The van der Waals surface area contributed by atoms with E-state index >= 15 is 0 Å². The van der Waals surface area contributed by atoms with Gasteiger partial charge in [-0.2, -0.15) is 0 Å². The van der Waals surface area contributed by atoms with Crippen LogP contribution in [0.1, 0.15) is 16.8 Å². The van der Waals surface area contributed by atoms with Gasteiger partial charge in [0, 0.05) is 18.7 Å². The van der Waals surface area contributed by atoms with Crippen LogP contribution in [0, 0.1) is 6.92 Å². The summed E-state index contributed by atoms with van der Waals surface area (Å²) >= 11 is 0. The molecule has 3 nitrogen and oxygen atoms in total. The first-order chi connectivity index (χ1) is 10.7. The van der Waals surface area contributed by atoms with Crippen LogP contribution >= 0.6 is 0 Å². The highest BCUT2D eigenvalue weighted by atomic mass is 16.3. The molecular formula is C19H20N2O. The predicted molar refractivity (Wildman–Crippen MR) is 88.3 cm³/mol. The Morgan fingerprint density at radius 2 is 1.68 bits per heavy atom. The van der Waals surface area contributed by atoms with E-state index in [1.165, 1.54) is 11.1 Å². The van der Waals surface area contributed by atoms with E-state index in [1.54, 1.807) is 6.26 Å². The number of aryl methyl sites for hydroxylation is 1. The van der Waals surface area contributed by atoms with Crippen molar-refractivity contribution in [1.29, 1.82) is 0 Å². The van der Waals surface area contributed by atoms with Crippen LogP contribution in [-0.2, 0) is 13.1 Å². The Kier molecular flexibility index (Phi) is 4.35. The maximum atomic E-state index is 5.59. The summed E-state index contributed by atoms with van der Waals surface area (Å²) in [6.07, 6.45) is 1.75. The van der Waals surface area contributed by atoms with Gasteiger partial charge in [-0.05, 0) is 37.2 Å². The normalized spacial score (nSPS) is 11.0. The first-order valence-electron chi connectivity index (χ1n) is 7.45. The SMILES string of the molecule is Cc1ccccc1CN(C)Cc1coc(-c2ccccc2)n1. The molecule has 0 atom stereocenters. The molecule has 3 heteroatoms. The minimum Gasteiger partial charge on any atom is -0.444 e. The molecule has 22 heavy (non-hydrogen) atoms. The fraction of sp³-hybridized carbons (Fsp3) is 0.211. The number of hydrogen-bond donors (Lipinski definition) is 0. The summed E-state index contributed by atoms with van der Waals surface area (Å²) in [4.78, 5) is 6.82. The Labute approximate surface area is 131 Å². The van der Waals surface area contributed by atoms with Crippen LogP contribution in [-0.4, -0.2) is 16.9 Å². The average molecular weight is 292 g/mol. The molecule has 1 heterocycles. The molecule has 0 radical (unpaired) electrons. The minimum absolute atomic E-state index is 0.680. The van der Waals surface area contributed by atoms with Crippen molar-refractivity contribution in [3.63, 3.8) is 0 Å². The van der Waals surface area contributed by atoms with Crippen molar-refractivity contribution < 1.29 is 4.42 Å². The molecule has 0 fully saturated rings. The molecule has 0 spiro atoms. The Morgan fingerprint density at radius 3 is 2.45 bits per heavy atom. The number of benzene rings is 2. The molecule has 3 aromatic rings. The van der Waals surface area contributed by atoms with E-state index < -0.39 is 0 Å². The van der Waals surface area contributed by atoms with Crippen LogP contribution in [0.5, 0.6) is 0 Å². The molecule has 0 aliphatic carbocycles. The maximum absolute atomic E-state index is 5.59. The highest BCUT2D eigenvalue weighted by Gasteiger charge is 2.09. The number of nitrogens with zero attached hydrogens (tertiary/aromatic N) is 2. The van der Waals surface area contributed by atoms with Crippen LogP contribution in [0.25, 0.3) is 11.5 Å². The summed E-state index contributed by atoms with van der Waals surface area (Å²) in [7, 11) is 2.10.